The van der Waals surface area contributed by atoms with Crippen LogP contribution in [0.3, 0.4) is 0 Å². The van der Waals surface area contributed by atoms with Crippen molar-refractivity contribution in [3.05, 3.63) is 37.0 Å². The third-order valence-corrected chi connectivity index (χ3v) is 2.15. The van der Waals surface area contributed by atoms with Crippen molar-refractivity contribution in [2.75, 3.05) is 27.2 Å². The zero-order chi connectivity index (χ0) is 11.8. The Kier molecular flexibility index (Phi) is 6.63. The summed E-state index contributed by atoms with van der Waals surface area (Å²) in [5.74, 6) is 0. The summed E-state index contributed by atoms with van der Waals surface area (Å²) < 4.78 is 0. The highest BCUT2D eigenvalue weighted by atomic mass is 15.1. The van der Waals surface area contributed by atoms with Crippen molar-refractivity contribution in [2.24, 2.45) is 4.99 Å². The Balaban J connectivity index is 4.18. The number of nitrogens with zero attached hydrogens (tertiary/aromatic N) is 2. The van der Waals surface area contributed by atoms with E-state index in [9.17, 15) is 0 Å². The molecule has 0 saturated carbocycles. The molecule has 0 saturated heterocycles. The van der Waals surface area contributed by atoms with E-state index in [0.29, 0.717) is 0 Å². The van der Waals surface area contributed by atoms with Gasteiger partial charge in [-0.15, -0.1) is 6.58 Å². The first-order chi connectivity index (χ1) is 6.99. The minimum Gasteiger partial charge on any atom is -0.308 e. The summed E-state index contributed by atoms with van der Waals surface area (Å²) in [6.07, 6.45) is 2.61. The first-order valence-corrected chi connectivity index (χ1v) is 5.13. The lowest BCUT2D eigenvalue weighted by atomic mass is 10.0. The number of rotatable bonds is 7. The fourth-order valence-corrected chi connectivity index (χ4v) is 1.07. The average Bonchev–Trinajstić information content (AvgIpc) is 2.16. The van der Waals surface area contributed by atoms with Gasteiger partial charge in [-0.2, -0.15) is 0 Å². The van der Waals surface area contributed by atoms with E-state index in [2.05, 4.69) is 29.6 Å². The standard InChI is InChI=1S/C13H22N2/c1-7-8-11(2)12(3)13(4)14-9-10-15(5)6/h7H,1-3,8-10H2,4-6H3/b14-13-. The van der Waals surface area contributed by atoms with E-state index in [1.165, 1.54) is 0 Å². The van der Waals surface area contributed by atoms with Gasteiger partial charge in [0.25, 0.3) is 0 Å². The Morgan fingerprint density at radius 1 is 1.33 bits per heavy atom. The maximum absolute atomic E-state index is 4.45. The van der Waals surface area contributed by atoms with Gasteiger partial charge < -0.3 is 4.90 Å². The van der Waals surface area contributed by atoms with Gasteiger partial charge >= 0.3 is 0 Å². The third kappa shape index (κ3) is 6.02. The van der Waals surface area contributed by atoms with Crippen molar-refractivity contribution in [2.45, 2.75) is 13.3 Å². The fraction of sp³-hybridized carbons (Fsp3) is 0.462. The second-order valence-corrected chi connectivity index (χ2v) is 3.85. The second-order valence-electron chi connectivity index (χ2n) is 3.85. The Morgan fingerprint density at radius 3 is 2.40 bits per heavy atom. The normalized spacial score (nSPS) is 11.6. The summed E-state index contributed by atoms with van der Waals surface area (Å²) in [5.41, 5.74) is 2.91. The Labute approximate surface area is 93.7 Å². The number of allylic oxidation sites excluding steroid dienone is 3. The molecule has 84 valence electrons. The monoisotopic (exact) mass is 206 g/mol. The van der Waals surface area contributed by atoms with Crippen LogP contribution in [0.15, 0.2) is 42.0 Å². The maximum Gasteiger partial charge on any atom is 0.0519 e. The van der Waals surface area contributed by atoms with Gasteiger partial charge in [0.1, 0.15) is 0 Å². The van der Waals surface area contributed by atoms with Gasteiger partial charge in [0.2, 0.25) is 0 Å². The molecule has 0 amide bonds. The number of hydrogen-bond donors (Lipinski definition) is 0. The fourth-order valence-electron chi connectivity index (χ4n) is 1.07. The molecule has 0 unspecified atom stereocenters. The van der Waals surface area contributed by atoms with Crippen LogP contribution in [-0.4, -0.2) is 37.8 Å². The lowest BCUT2D eigenvalue weighted by molar-refractivity contribution is 0.420. The highest BCUT2D eigenvalue weighted by Crippen LogP contribution is 2.11. The average molecular weight is 206 g/mol. The molecule has 0 spiro atoms. The van der Waals surface area contributed by atoms with Gasteiger partial charge in [0.15, 0.2) is 0 Å². The van der Waals surface area contributed by atoms with Crippen LogP contribution in [0.4, 0.5) is 0 Å². The predicted octanol–water partition coefficient (Wildman–Crippen LogP) is 2.70. The van der Waals surface area contributed by atoms with Crippen LogP contribution in [0, 0.1) is 0 Å². The summed E-state index contributed by atoms with van der Waals surface area (Å²) in [7, 11) is 4.08. The molecule has 0 heterocycles. The SMILES string of the molecule is C=CCC(=C)C(=C)/C(C)=N\CCN(C)C. The van der Waals surface area contributed by atoms with Crippen LogP contribution in [0.1, 0.15) is 13.3 Å². The molecule has 0 aliphatic carbocycles. The zero-order valence-corrected chi connectivity index (χ0v) is 10.2. The largest absolute Gasteiger partial charge is 0.308 e. The number of likely N-dealkylation sites (N-methyl/N-ethyl adjacent to an activating group) is 1. The molecule has 0 N–H and O–H groups in total. The van der Waals surface area contributed by atoms with Crippen LogP contribution in [-0.2, 0) is 0 Å². The van der Waals surface area contributed by atoms with E-state index >= 15 is 0 Å². The molecule has 0 aromatic heterocycles. The van der Waals surface area contributed by atoms with Crippen molar-refractivity contribution < 1.29 is 0 Å². The Hall–Kier alpha value is -1.15. The highest BCUT2D eigenvalue weighted by Gasteiger charge is 2.01. The van der Waals surface area contributed by atoms with Crippen molar-refractivity contribution in [3.63, 3.8) is 0 Å². The molecule has 15 heavy (non-hydrogen) atoms. The number of aliphatic imine (C=N–C) groups is 1. The molecule has 0 bridgehead atoms. The molecule has 0 aliphatic heterocycles. The zero-order valence-electron chi connectivity index (χ0n) is 10.2. The van der Waals surface area contributed by atoms with Crippen LogP contribution >= 0.6 is 0 Å². The smallest absolute Gasteiger partial charge is 0.0519 e. The predicted molar refractivity (Wildman–Crippen MR) is 69.6 cm³/mol. The molecule has 0 fully saturated rings. The van der Waals surface area contributed by atoms with Crippen molar-refractivity contribution in [1.29, 1.82) is 0 Å². The molecule has 0 aromatic carbocycles. The van der Waals surface area contributed by atoms with Crippen LogP contribution in [0.5, 0.6) is 0 Å². The molecule has 2 heteroatoms. The molecule has 0 rings (SSSR count). The van der Waals surface area contributed by atoms with Gasteiger partial charge in [-0.05, 0) is 38.6 Å². The minimum atomic E-state index is 0.777. The van der Waals surface area contributed by atoms with Crippen molar-refractivity contribution in [3.8, 4) is 0 Å². The molecule has 0 radical (unpaired) electrons. The van der Waals surface area contributed by atoms with E-state index in [-0.39, 0.29) is 0 Å². The third-order valence-electron chi connectivity index (χ3n) is 2.15. The molecule has 0 aliphatic rings. The van der Waals surface area contributed by atoms with Crippen LogP contribution in [0.2, 0.25) is 0 Å². The summed E-state index contributed by atoms with van der Waals surface area (Å²) in [4.78, 5) is 6.56. The quantitative estimate of drug-likeness (QED) is 0.355. The summed E-state index contributed by atoms with van der Waals surface area (Å²) in [6.45, 7) is 15.3. The first-order valence-electron chi connectivity index (χ1n) is 5.13. The van der Waals surface area contributed by atoms with Crippen molar-refractivity contribution >= 4 is 5.71 Å². The molecule has 0 atom stereocenters. The second kappa shape index (κ2) is 7.18. The maximum atomic E-state index is 4.45. The van der Waals surface area contributed by atoms with Gasteiger partial charge in [0, 0.05) is 12.3 Å². The van der Waals surface area contributed by atoms with Gasteiger partial charge in [0.05, 0.1) is 6.54 Å². The summed E-state index contributed by atoms with van der Waals surface area (Å²) >= 11 is 0. The summed E-state index contributed by atoms with van der Waals surface area (Å²) in [6, 6.07) is 0. The Bertz CT molecular complexity index is 272. The van der Waals surface area contributed by atoms with E-state index in [0.717, 1.165) is 36.4 Å². The number of hydrogen-bond acceptors (Lipinski definition) is 2. The van der Waals surface area contributed by atoms with Crippen LogP contribution in [0.25, 0.3) is 0 Å². The van der Waals surface area contributed by atoms with Gasteiger partial charge in [-0.25, -0.2) is 0 Å². The summed E-state index contributed by atoms with van der Waals surface area (Å²) in [5, 5.41) is 0. The molecular formula is C13H22N2. The van der Waals surface area contributed by atoms with E-state index in [4.69, 9.17) is 0 Å². The van der Waals surface area contributed by atoms with E-state index in [1.807, 2.05) is 27.1 Å². The Morgan fingerprint density at radius 2 is 1.93 bits per heavy atom. The lowest BCUT2D eigenvalue weighted by Crippen LogP contribution is -2.16. The molecular weight excluding hydrogens is 184 g/mol. The lowest BCUT2D eigenvalue weighted by Gasteiger charge is -2.09. The topological polar surface area (TPSA) is 15.6 Å². The van der Waals surface area contributed by atoms with E-state index in [1.54, 1.807) is 0 Å². The van der Waals surface area contributed by atoms with Gasteiger partial charge in [-0.1, -0.05) is 19.2 Å². The van der Waals surface area contributed by atoms with Gasteiger partial charge in [-0.3, -0.25) is 4.99 Å². The molecule has 2 nitrogen and oxygen atoms in total. The van der Waals surface area contributed by atoms with Crippen LogP contribution < -0.4 is 0 Å². The molecule has 0 aromatic rings. The minimum absolute atomic E-state index is 0.777. The van der Waals surface area contributed by atoms with Crippen molar-refractivity contribution in [1.82, 2.24) is 4.90 Å². The van der Waals surface area contributed by atoms with E-state index < -0.39 is 0 Å². The first kappa shape index (κ1) is 13.8. The highest BCUT2D eigenvalue weighted by molar-refractivity contribution is 6.01.